The average molecular weight is 481 g/mol. The quantitative estimate of drug-likeness (QED) is 0.169. The van der Waals surface area contributed by atoms with Gasteiger partial charge in [0.05, 0.1) is 19.8 Å². The van der Waals surface area contributed by atoms with Gasteiger partial charge in [0.2, 0.25) is 0 Å². The number of allylic oxidation sites excluding steroid dienone is 2. The zero-order valence-corrected chi connectivity index (χ0v) is 19.4. The van der Waals surface area contributed by atoms with Crippen LogP contribution >= 0.6 is 0 Å². The molecule has 0 radical (unpaired) electrons. The summed E-state index contributed by atoms with van der Waals surface area (Å²) in [4.78, 5) is 0. The van der Waals surface area contributed by atoms with Crippen molar-refractivity contribution >= 4 is 0 Å². The first-order chi connectivity index (χ1) is 15.6. The first kappa shape index (κ1) is 28.5. The van der Waals surface area contributed by atoms with Crippen molar-refractivity contribution < 1.29 is 54.7 Å². The standard InChI is InChI=1S/C22H40O11/c1-11(2)5-4-6-12(3)7-8-30-21-19(29)17(27)20(14(10-24)32-21)33-22-18(28)16(26)15(25)13(9-23)31-22/h5,12-29H,4,6-10H2,1-3H3/t12?,13-,14-,15-,16+,17-,18-,19-,20-,21-,22-/m1/s1. The molecule has 194 valence electrons. The van der Waals surface area contributed by atoms with Gasteiger partial charge in [0.1, 0.15) is 48.8 Å². The summed E-state index contributed by atoms with van der Waals surface area (Å²) in [5.74, 6) is 0.377. The van der Waals surface area contributed by atoms with Gasteiger partial charge in [-0.05, 0) is 39.0 Å². The molecule has 0 aromatic rings. The summed E-state index contributed by atoms with van der Waals surface area (Å²) >= 11 is 0. The SMILES string of the molecule is CC(C)=CCCC(C)CCO[C@@H]1O[C@H](CO)[C@@H](O[C@H]2O[C@H](CO)[C@@H](O)[C@H](O)[C@H]2O)[C@H](O)[C@H]1O. The molecule has 0 spiro atoms. The molecule has 0 aliphatic carbocycles. The van der Waals surface area contributed by atoms with Gasteiger partial charge in [0.15, 0.2) is 12.6 Å². The van der Waals surface area contributed by atoms with E-state index in [1.807, 2.05) is 13.8 Å². The minimum atomic E-state index is -1.70. The summed E-state index contributed by atoms with van der Waals surface area (Å²) in [6.07, 6.45) is -9.60. The summed E-state index contributed by atoms with van der Waals surface area (Å²) in [5.41, 5.74) is 1.27. The molecular formula is C22H40O11. The van der Waals surface area contributed by atoms with Crippen molar-refractivity contribution in [1.29, 1.82) is 0 Å². The molecule has 2 fully saturated rings. The number of aliphatic hydroxyl groups excluding tert-OH is 7. The number of aliphatic hydroxyl groups is 7. The smallest absolute Gasteiger partial charge is 0.187 e. The fourth-order valence-electron chi connectivity index (χ4n) is 3.88. The first-order valence-electron chi connectivity index (χ1n) is 11.4. The fourth-order valence-corrected chi connectivity index (χ4v) is 3.88. The van der Waals surface area contributed by atoms with Crippen molar-refractivity contribution in [3.63, 3.8) is 0 Å². The molecule has 1 unspecified atom stereocenters. The Morgan fingerprint density at radius 3 is 2.03 bits per heavy atom. The maximum atomic E-state index is 10.6. The van der Waals surface area contributed by atoms with Crippen LogP contribution in [0.25, 0.3) is 0 Å². The van der Waals surface area contributed by atoms with Crippen molar-refractivity contribution in [2.75, 3.05) is 19.8 Å². The highest BCUT2D eigenvalue weighted by atomic mass is 16.7. The molecule has 7 N–H and O–H groups in total. The summed E-state index contributed by atoms with van der Waals surface area (Å²) in [5, 5.41) is 70.1. The zero-order valence-electron chi connectivity index (χ0n) is 19.4. The predicted molar refractivity (Wildman–Crippen MR) is 115 cm³/mol. The van der Waals surface area contributed by atoms with Crippen LogP contribution in [0.5, 0.6) is 0 Å². The highest BCUT2D eigenvalue weighted by Crippen LogP contribution is 2.29. The largest absolute Gasteiger partial charge is 0.394 e. The molecule has 2 saturated heterocycles. The summed E-state index contributed by atoms with van der Waals surface area (Å²) in [6, 6.07) is 0. The Hall–Kier alpha value is -0.700. The van der Waals surface area contributed by atoms with Gasteiger partial charge in [-0.2, -0.15) is 0 Å². The molecule has 33 heavy (non-hydrogen) atoms. The van der Waals surface area contributed by atoms with Gasteiger partial charge >= 0.3 is 0 Å². The van der Waals surface area contributed by atoms with Gasteiger partial charge in [-0.25, -0.2) is 0 Å². The van der Waals surface area contributed by atoms with Crippen molar-refractivity contribution in [2.45, 2.75) is 101 Å². The molecule has 2 aliphatic rings. The normalized spacial score (nSPS) is 40.4. The van der Waals surface area contributed by atoms with Crippen LogP contribution in [0.15, 0.2) is 11.6 Å². The van der Waals surface area contributed by atoms with E-state index in [1.165, 1.54) is 5.57 Å². The summed E-state index contributed by atoms with van der Waals surface area (Å²) in [6.45, 7) is 5.23. The van der Waals surface area contributed by atoms with Crippen LogP contribution in [0.4, 0.5) is 0 Å². The van der Waals surface area contributed by atoms with Crippen LogP contribution in [0.3, 0.4) is 0 Å². The predicted octanol–water partition coefficient (Wildman–Crippen LogP) is -1.60. The third kappa shape index (κ3) is 7.64. The Bertz CT molecular complexity index is 595. The lowest BCUT2D eigenvalue weighted by atomic mass is 9.97. The lowest BCUT2D eigenvalue weighted by Crippen LogP contribution is -2.64. The Kier molecular flexibility index (Phi) is 11.6. The minimum Gasteiger partial charge on any atom is -0.394 e. The van der Waals surface area contributed by atoms with Crippen molar-refractivity contribution in [2.24, 2.45) is 5.92 Å². The zero-order chi connectivity index (χ0) is 24.7. The molecule has 2 rings (SSSR count). The van der Waals surface area contributed by atoms with Crippen molar-refractivity contribution in [3.8, 4) is 0 Å². The van der Waals surface area contributed by atoms with E-state index in [4.69, 9.17) is 18.9 Å². The van der Waals surface area contributed by atoms with Crippen LogP contribution in [0.2, 0.25) is 0 Å². The van der Waals surface area contributed by atoms with E-state index in [0.29, 0.717) is 12.3 Å². The van der Waals surface area contributed by atoms with Crippen LogP contribution in [0.1, 0.15) is 40.0 Å². The van der Waals surface area contributed by atoms with E-state index in [2.05, 4.69) is 13.0 Å². The van der Waals surface area contributed by atoms with E-state index >= 15 is 0 Å². The highest BCUT2D eigenvalue weighted by Gasteiger charge is 2.50. The van der Waals surface area contributed by atoms with E-state index in [1.54, 1.807) is 0 Å². The van der Waals surface area contributed by atoms with Gasteiger partial charge in [0.25, 0.3) is 0 Å². The number of rotatable bonds is 11. The van der Waals surface area contributed by atoms with Crippen molar-refractivity contribution in [1.82, 2.24) is 0 Å². The summed E-state index contributed by atoms with van der Waals surface area (Å²) in [7, 11) is 0. The molecule has 11 atom stereocenters. The van der Waals surface area contributed by atoms with Crippen LogP contribution in [0, 0.1) is 5.92 Å². The molecule has 2 aliphatic heterocycles. The summed E-state index contributed by atoms with van der Waals surface area (Å²) < 4.78 is 22.0. The van der Waals surface area contributed by atoms with Gasteiger partial charge in [0, 0.05) is 0 Å². The number of hydrogen-bond donors (Lipinski definition) is 7. The first-order valence-corrected chi connectivity index (χ1v) is 11.4. The Labute approximate surface area is 194 Å². The molecular weight excluding hydrogens is 440 g/mol. The lowest BCUT2D eigenvalue weighted by molar-refractivity contribution is -0.359. The third-order valence-corrected chi connectivity index (χ3v) is 6.07. The second-order valence-corrected chi connectivity index (χ2v) is 9.13. The molecule has 2 heterocycles. The highest BCUT2D eigenvalue weighted by molar-refractivity contribution is 4.94. The molecule has 0 amide bonds. The minimum absolute atomic E-state index is 0.279. The van der Waals surface area contributed by atoms with Gasteiger partial charge < -0.3 is 54.7 Å². The van der Waals surface area contributed by atoms with Crippen LogP contribution in [-0.4, -0.2) is 117 Å². The second kappa shape index (κ2) is 13.4. The third-order valence-electron chi connectivity index (χ3n) is 6.07. The second-order valence-electron chi connectivity index (χ2n) is 9.13. The van der Waals surface area contributed by atoms with E-state index in [-0.39, 0.29) is 6.61 Å². The average Bonchev–Trinajstić information content (AvgIpc) is 2.78. The van der Waals surface area contributed by atoms with Gasteiger partial charge in [-0.15, -0.1) is 0 Å². The van der Waals surface area contributed by atoms with Crippen LogP contribution < -0.4 is 0 Å². The molecule has 0 aromatic heterocycles. The maximum absolute atomic E-state index is 10.6. The Balaban J connectivity index is 1.92. The molecule has 11 heteroatoms. The maximum Gasteiger partial charge on any atom is 0.187 e. The Morgan fingerprint density at radius 1 is 0.818 bits per heavy atom. The van der Waals surface area contributed by atoms with E-state index in [0.717, 1.165) is 12.8 Å². The molecule has 0 aromatic carbocycles. The van der Waals surface area contributed by atoms with Crippen LogP contribution in [-0.2, 0) is 18.9 Å². The van der Waals surface area contributed by atoms with E-state index in [9.17, 15) is 35.7 Å². The molecule has 0 saturated carbocycles. The fraction of sp³-hybridized carbons (Fsp3) is 0.909. The molecule has 0 bridgehead atoms. The number of ether oxygens (including phenoxy) is 4. The van der Waals surface area contributed by atoms with Gasteiger partial charge in [-0.3, -0.25) is 0 Å². The Morgan fingerprint density at radius 2 is 1.42 bits per heavy atom. The lowest BCUT2D eigenvalue weighted by Gasteiger charge is -2.46. The van der Waals surface area contributed by atoms with E-state index < -0.39 is 74.6 Å². The topological polar surface area (TPSA) is 179 Å². The van der Waals surface area contributed by atoms with Crippen molar-refractivity contribution in [3.05, 3.63) is 11.6 Å². The van der Waals surface area contributed by atoms with Gasteiger partial charge in [-0.1, -0.05) is 18.6 Å². The molecule has 11 nitrogen and oxygen atoms in total. The monoisotopic (exact) mass is 480 g/mol. The number of hydrogen-bond acceptors (Lipinski definition) is 11.